The van der Waals surface area contributed by atoms with Gasteiger partial charge in [-0.05, 0) is 46.9 Å². The molecule has 0 aliphatic carbocycles. The van der Waals surface area contributed by atoms with Crippen LogP contribution in [0, 0.1) is 6.92 Å². The van der Waals surface area contributed by atoms with E-state index in [1.54, 1.807) is 7.11 Å². The topological polar surface area (TPSA) is 97.5 Å². The summed E-state index contributed by atoms with van der Waals surface area (Å²) in [5, 5.41) is 15.7. The summed E-state index contributed by atoms with van der Waals surface area (Å²) in [4.78, 5) is 15.2. The lowest BCUT2D eigenvalue weighted by molar-refractivity contribution is -0.136. The number of aryl methyl sites for hydroxylation is 1. The van der Waals surface area contributed by atoms with Crippen LogP contribution in [0.25, 0.3) is 34.0 Å². The molecule has 0 aliphatic heterocycles. The predicted molar refractivity (Wildman–Crippen MR) is 125 cm³/mol. The average molecular weight is 444 g/mol. The highest BCUT2D eigenvalue weighted by Gasteiger charge is 2.14. The summed E-state index contributed by atoms with van der Waals surface area (Å²) in [6.07, 6.45) is 0. The van der Waals surface area contributed by atoms with Crippen molar-refractivity contribution in [3.8, 4) is 34.0 Å². The molecule has 33 heavy (non-hydrogen) atoms. The Bertz CT molecular complexity index is 1250. The van der Waals surface area contributed by atoms with Gasteiger partial charge in [-0.1, -0.05) is 59.8 Å². The standard InChI is InChI=1S/C26H25N3O4/c1-17-5-3-4-6-22(17)23-12-11-20(13-21(23)16-32-2)26-28-25(29-33-26)19-9-7-18(8-10-19)14-27-15-24(30)31/h3-13,27H,14-16H2,1-2H3,(H,30,31). The fourth-order valence-corrected chi connectivity index (χ4v) is 3.68. The highest BCUT2D eigenvalue weighted by molar-refractivity contribution is 5.74. The first-order chi connectivity index (χ1) is 16.0. The van der Waals surface area contributed by atoms with Crippen LogP contribution >= 0.6 is 0 Å². The number of hydrogen-bond donors (Lipinski definition) is 2. The van der Waals surface area contributed by atoms with Crippen molar-refractivity contribution in [2.45, 2.75) is 20.1 Å². The Morgan fingerprint density at radius 2 is 1.79 bits per heavy atom. The highest BCUT2D eigenvalue weighted by atomic mass is 16.5. The van der Waals surface area contributed by atoms with Gasteiger partial charge in [0.15, 0.2) is 0 Å². The van der Waals surface area contributed by atoms with Gasteiger partial charge in [0.2, 0.25) is 5.82 Å². The molecule has 0 amide bonds. The zero-order valence-electron chi connectivity index (χ0n) is 18.5. The molecule has 4 aromatic rings. The molecule has 168 valence electrons. The highest BCUT2D eigenvalue weighted by Crippen LogP contribution is 2.31. The van der Waals surface area contributed by atoms with E-state index in [2.05, 4.69) is 40.6 Å². The normalized spacial score (nSPS) is 11.0. The van der Waals surface area contributed by atoms with Gasteiger partial charge < -0.3 is 19.7 Å². The number of ether oxygens (including phenoxy) is 1. The lowest BCUT2D eigenvalue weighted by Crippen LogP contribution is -2.21. The lowest BCUT2D eigenvalue weighted by Gasteiger charge is -2.12. The molecule has 0 saturated heterocycles. The minimum absolute atomic E-state index is 0.0797. The molecule has 0 spiro atoms. The third-order valence-electron chi connectivity index (χ3n) is 5.33. The fourth-order valence-electron chi connectivity index (χ4n) is 3.68. The summed E-state index contributed by atoms with van der Waals surface area (Å²) >= 11 is 0. The number of carboxylic acids is 1. The van der Waals surface area contributed by atoms with Crippen molar-refractivity contribution in [3.05, 3.63) is 83.4 Å². The fraction of sp³-hybridized carbons (Fsp3) is 0.192. The summed E-state index contributed by atoms with van der Waals surface area (Å²) in [6, 6.07) is 21.9. The van der Waals surface area contributed by atoms with Crippen LogP contribution in [0.2, 0.25) is 0 Å². The van der Waals surface area contributed by atoms with Crippen molar-refractivity contribution < 1.29 is 19.2 Å². The largest absolute Gasteiger partial charge is 0.480 e. The molecule has 7 heteroatoms. The van der Waals surface area contributed by atoms with Crippen molar-refractivity contribution in [3.63, 3.8) is 0 Å². The maximum Gasteiger partial charge on any atom is 0.317 e. The number of carboxylic acid groups (broad SMARTS) is 1. The second-order valence-corrected chi connectivity index (χ2v) is 7.74. The molecule has 1 aromatic heterocycles. The van der Waals surface area contributed by atoms with Gasteiger partial charge in [0.25, 0.3) is 5.89 Å². The zero-order valence-corrected chi connectivity index (χ0v) is 18.5. The van der Waals surface area contributed by atoms with Gasteiger partial charge in [0, 0.05) is 24.8 Å². The second kappa shape index (κ2) is 10.2. The van der Waals surface area contributed by atoms with Gasteiger partial charge in [-0.15, -0.1) is 0 Å². The molecule has 0 radical (unpaired) electrons. The van der Waals surface area contributed by atoms with Crippen LogP contribution in [0.5, 0.6) is 0 Å². The van der Waals surface area contributed by atoms with Crippen LogP contribution in [0.3, 0.4) is 0 Å². The van der Waals surface area contributed by atoms with E-state index in [9.17, 15) is 4.79 Å². The van der Waals surface area contributed by atoms with Gasteiger partial charge >= 0.3 is 5.97 Å². The lowest BCUT2D eigenvalue weighted by atomic mass is 9.94. The summed E-state index contributed by atoms with van der Waals surface area (Å²) in [6.45, 7) is 2.96. The molecule has 4 rings (SSSR count). The third kappa shape index (κ3) is 5.34. The van der Waals surface area contributed by atoms with Gasteiger partial charge in [-0.3, -0.25) is 4.79 Å². The van der Waals surface area contributed by atoms with Crippen molar-refractivity contribution >= 4 is 5.97 Å². The maximum absolute atomic E-state index is 10.6. The zero-order chi connectivity index (χ0) is 23.2. The molecule has 0 saturated carbocycles. The van der Waals surface area contributed by atoms with E-state index in [0.717, 1.165) is 27.8 Å². The predicted octanol–water partition coefficient (Wildman–Crippen LogP) is 4.70. The van der Waals surface area contributed by atoms with E-state index in [4.69, 9.17) is 14.4 Å². The van der Waals surface area contributed by atoms with Gasteiger partial charge in [0.05, 0.1) is 13.2 Å². The first-order valence-electron chi connectivity index (χ1n) is 10.6. The molecule has 2 N–H and O–H groups in total. The Balaban J connectivity index is 1.56. The number of methoxy groups -OCH3 is 1. The molecule has 0 atom stereocenters. The number of aliphatic carboxylic acids is 1. The SMILES string of the molecule is COCc1cc(-c2nc(-c3ccc(CNCC(=O)O)cc3)no2)ccc1-c1ccccc1C. The van der Waals surface area contributed by atoms with Gasteiger partial charge in [0.1, 0.15) is 0 Å². The van der Waals surface area contributed by atoms with Crippen molar-refractivity contribution in [1.29, 1.82) is 0 Å². The summed E-state index contributed by atoms with van der Waals surface area (Å²) in [5.41, 5.74) is 7.14. The third-order valence-corrected chi connectivity index (χ3v) is 5.33. The Morgan fingerprint density at radius 3 is 2.52 bits per heavy atom. The number of hydrogen-bond acceptors (Lipinski definition) is 6. The van der Waals surface area contributed by atoms with E-state index in [0.29, 0.717) is 24.9 Å². The summed E-state index contributed by atoms with van der Waals surface area (Å²) in [5.74, 6) is 0.0451. The Kier molecular flexibility index (Phi) is 6.92. The molecular weight excluding hydrogens is 418 g/mol. The quantitative estimate of drug-likeness (QED) is 0.387. The molecule has 0 bridgehead atoms. The van der Waals surface area contributed by atoms with E-state index >= 15 is 0 Å². The molecule has 1 heterocycles. The first kappa shape index (κ1) is 22.4. The Hall–Kier alpha value is -3.81. The molecule has 3 aromatic carbocycles. The number of nitrogens with zero attached hydrogens (tertiary/aromatic N) is 2. The summed E-state index contributed by atoms with van der Waals surface area (Å²) < 4.78 is 11.0. The maximum atomic E-state index is 10.6. The smallest absolute Gasteiger partial charge is 0.317 e. The molecular formula is C26H25N3O4. The first-order valence-corrected chi connectivity index (χ1v) is 10.6. The summed E-state index contributed by atoms with van der Waals surface area (Å²) in [7, 11) is 1.68. The van der Waals surface area contributed by atoms with Crippen LogP contribution in [0.4, 0.5) is 0 Å². The van der Waals surface area contributed by atoms with E-state index in [1.165, 1.54) is 11.1 Å². The number of benzene rings is 3. The average Bonchev–Trinajstić information content (AvgIpc) is 3.30. The van der Waals surface area contributed by atoms with Gasteiger partial charge in [-0.25, -0.2) is 0 Å². The molecule has 7 nitrogen and oxygen atoms in total. The molecule has 0 aliphatic rings. The Labute approximate surface area is 192 Å². The van der Waals surface area contributed by atoms with Crippen molar-refractivity contribution in [2.24, 2.45) is 0 Å². The van der Waals surface area contributed by atoms with Crippen LogP contribution in [-0.2, 0) is 22.7 Å². The monoisotopic (exact) mass is 443 g/mol. The van der Waals surface area contributed by atoms with E-state index < -0.39 is 5.97 Å². The Morgan fingerprint density at radius 1 is 1.03 bits per heavy atom. The number of nitrogens with one attached hydrogen (secondary N) is 1. The molecule has 0 unspecified atom stereocenters. The van der Waals surface area contributed by atoms with Crippen LogP contribution in [0.15, 0.2) is 71.3 Å². The van der Waals surface area contributed by atoms with Crippen LogP contribution in [-0.4, -0.2) is 34.9 Å². The number of carbonyl (C=O) groups is 1. The minimum atomic E-state index is -0.883. The van der Waals surface area contributed by atoms with Crippen molar-refractivity contribution in [2.75, 3.05) is 13.7 Å². The number of rotatable bonds is 9. The van der Waals surface area contributed by atoms with Gasteiger partial charge in [-0.2, -0.15) is 4.98 Å². The molecule has 0 fully saturated rings. The van der Waals surface area contributed by atoms with Crippen molar-refractivity contribution in [1.82, 2.24) is 15.5 Å². The van der Waals surface area contributed by atoms with E-state index in [1.807, 2.05) is 48.5 Å². The second-order valence-electron chi connectivity index (χ2n) is 7.74. The van der Waals surface area contributed by atoms with Crippen LogP contribution < -0.4 is 5.32 Å². The van der Waals surface area contributed by atoms with E-state index in [-0.39, 0.29) is 6.54 Å². The van der Waals surface area contributed by atoms with Crippen LogP contribution in [0.1, 0.15) is 16.7 Å². The number of aromatic nitrogens is 2. The minimum Gasteiger partial charge on any atom is -0.480 e.